The summed E-state index contributed by atoms with van der Waals surface area (Å²) < 4.78 is 1.59. The average Bonchev–Trinajstić information content (AvgIpc) is 2.73. The number of aliphatic hydroxyl groups is 1. The van der Waals surface area contributed by atoms with Crippen LogP contribution in [0.4, 0.5) is 0 Å². The Morgan fingerprint density at radius 2 is 2.22 bits per heavy atom. The van der Waals surface area contributed by atoms with Gasteiger partial charge in [-0.25, -0.2) is 4.98 Å². The zero-order valence-electron chi connectivity index (χ0n) is 10.7. The maximum atomic E-state index is 11.8. The molecule has 1 aliphatic rings. The molecular formula is C12H20N4O2. The molecule has 100 valence electrons. The molecule has 0 unspecified atom stereocenters. The predicted octanol–water partition coefficient (Wildman–Crippen LogP) is 0.517. The van der Waals surface area contributed by atoms with Gasteiger partial charge < -0.3 is 10.4 Å². The number of nitrogens with one attached hydrogen (secondary N) is 1. The fourth-order valence-electron chi connectivity index (χ4n) is 2.39. The molecule has 0 spiro atoms. The average molecular weight is 252 g/mol. The van der Waals surface area contributed by atoms with Gasteiger partial charge >= 0.3 is 0 Å². The molecule has 0 aliphatic heterocycles. The molecule has 1 saturated carbocycles. The van der Waals surface area contributed by atoms with Gasteiger partial charge in [0.25, 0.3) is 0 Å². The van der Waals surface area contributed by atoms with Crippen LogP contribution in [0.3, 0.4) is 0 Å². The van der Waals surface area contributed by atoms with E-state index in [0.717, 1.165) is 32.1 Å². The van der Waals surface area contributed by atoms with Crippen molar-refractivity contribution in [1.82, 2.24) is 20.1 Å². The topological polar surface area (TPSA) is 80.0 Å². The molecule has 1 aromatic rings. The first kappa shape index (κ1) is 13.0. The Labute approximate surface area is 106 Å². The van der Waals surface area contributed by atoms with E-state index < -0.39 is 5.60 Å². The summed E-state index contributed by atoms with van der Waals surface area (Å²) >= 11 is 0. The molecular weight excluding hydrogens is 232 g/mol. The van der Waals surface area contributed by atoms with Crippen LogP contribution in [0.2, 0.25) is 0 Å². The van der Waals surface area contributed by atoms with E-state index in [1.54, 1.807) is 18.1 Å². The number of carbonyl (C=O) groups excluding carboxylic acids is 1. The Morgan fingerprint density at radius 3 is 2.83 bits per heavy atom. The van der Waals surface area contributed by atoms with E-state index in [4.69, 9.17) is 0 Å². The summed E-state index contributed by atoms with van der Waals surface area (Å²) in [5.41, 5.74) is -0.806. The maximum absolute atomic E-state index is 11.8. The summed E-state index contributed by atoms with van der Waals surface area (Å²) in [5.74, 6) is 0.452. The number of aryl methyl sites for hydroxylation is 1. The fraction of sp³-hybridized carbons (Fsp3) is 0.750. The van der Waals surface area contributed by atoms with E-state index in [1.165, 1.54) is 0 Å². The quantitative estimate of drug-likeness (QED) is 0.818. The van der Waals surface area contributed by atoms with Gasteiger partial charge in [0.05, 0.1) is 18.6 Å². The van der Waals surface area contributed by atoms with E-state index in [-0.39, 0.29) is 12.3 Å². The summed E-state index contributed by atoms with van der Waals surface area (Å²) in [6.45, 7) is 0.315. The minimum Gasteiger partial charge on any atom is -0.389 e. The van der Waals surface area contributed by atoms with E-state index in [9.17, 15) is 9.90 Å². The van der Waals surface area contributed by atoms with Gasteiger partial charge in [-0.2, -0.15) is 5.10 Å². The van der Waals surface area contributed by atoms with Gasteiger partial charge in [-0.15, -0.1) is 0 Å². The second kappa shape index (κ2) is 5.48. The zero-order chi connectivity index (χ0) is 13.0. The Bertz CT molecular complexity index is 410. The highest BCUT2D eigenvalue weighted by Crippen LogP contribution is 2.30. The summed E-state index contributed by atoms with van der Waals surface area (Å²) in [6, 6.07) is 0. The van der Waals surface area contributed by atoms with Crippen molar-refractivity contribution in [2.24, 2.45) is 7.05 Å². The van der Waals surface area contributed by atoms with E-state index in [0.29, 0.717) is 12.4 Å². The minimum absolute atomic E-state index is 0.133. The number of amides is 1. The zero-order valence-corrected chi connectivity index (χ0v) is 10.7. The molecule has 1 heterocycles. The van der Waals surface area contributed by atoms with Crippen molar-refractivity contribution < 1.29 is 9.90 Å². The largest absolute Gasteiger partial charge is 0.389 e. The SMILES string of the molecule is Cn1cnc(CNC(=O)CC2(O)CCCCC2)n1. The lowest BCUT2D eigenvalue weighted by atomic mass is 9.82. The van der Waals surface area contributed by atoms with Crippen LogP contribution >= 0.6 is 0 Å². The molecule has 2 rings (SSSR count). The number of hydrogen-bond donors (Lipinski definition) is 2. The van der Waals surface area contributed by atoms with Crippen LogP contribution in [-0.2, 0) is 18.4 Å². The predicted molar refractivity (Wildman–Crippen MR) is 65.5 cm³/mol. The second-order valence-corrected chi connectivity index (χ2v) is 5.07. The van der Waals surface area contributed by atoms with E-state index in [1.807, 2.05) is 0 Å². The number of nitrogens with zero attached hydrogens (tertiary/aromatic N) is 3. The van der Waals surface area contributed by atoms with Crippen LogP contribution in [0.1, 0.15) is 44.3 Å². The lowest BCUT2D eigenvalue weighted by Gasteiger charge is -2.31. The van der Waals surface area contributed by atoms with Gasteiger partial charge in [0, 0.05) is 7.05 Å². The van der Waals surface area contributed by atoms with Crippen molar-refractivity contribution in [2.75, 3.05) is 0 Å². The number of aromatic nitrogens is 3. The summed E-state index contributed by atoms with van der Waals surface area (Å²) in [6.07, 6.45) is 6.39. The van der Waals surface area contributed by atoms with Crippen LogP contribution in [0.25, 0.3) is 0 Å². The molecule has 1 amide bonds. The molecule has 0 bridgehead atoms. The Kier molecular flexibility index (Phi) is 3.96. The van der Waals surface area contributed by atoms with Gasteiger partial charge in [0.1, 0.15) is 6.33 Å². The number of rotatable bonds is 4. The summed E-state index contributed by atoms with van der Waals surface area (Å²) in [7, 11) is 1.78. The minimum atomic E-state index is -0.806. The normalized spacial score (nSPS) is 18.6. The third kappa shape index (κ3) is 3.53. The molecule has 1 fully saturated rings. The lowest BCUT2D eigenvalue weighted by molar-refractivity contribution is -0.127. The van der Waals surface area contributed by atoms with Crippen LogP contribution < -0.4 is 5.32 Å². The molecule has 0 saturated heterocycles. The standard InChI is InChI=1S/C12H20N4O2/c1-16-9-14-10(15-16)8-13-11(17)7-12(18)5-3-2-4-6-12/h9,18H,2-8H2,1H3,(H,13,17). The summed E-state index contributed by atoms with van der Waals surface area (Å²) in [4.78, 5) is 15.8. The van der Waals surface area contributed by atoms with Crippen LogP contribution in [0.5, 0.6) is 0 Å². The first-order chi connectivity index (χ1) is 8.57. The number of carbonyl (C=O) groups is 1. The number of hydrogen-bond acceptors (Lipinski definition) is 4. The Hall–Kier alpha value is -1.43. The molecule has 6 heteroatoms. The molecule has 1 aromatic heterocycles. The van der Waals surface area contributed by atoms with E-state index in [2.05, 4.69) is 15.4 Å². The lowest BCUT2D eigenvalue weighted by Crippen LogP contribution is -2.38. The van der Waals surface area contributed by atoms with E-state index >= 15 is 0 Å². The van der Waals surface area contributed by atoms with Crippen LogP contribution in [-0.4, -0.2) is 31.4 Å². The molecule has 0 radical (unpaired) electrons. The first-order valence-corrected chi connectivity index (χ1v) is 6.41. The van der Waals surface area contributed by atoms with Crippen molar-refractivity contribution in [2.45, 2.75) is 50.7 Å². The van der Waals surface area contributed by atoms with Crippen molar-refractivity contribution >= 4 is 5.91 Å². The molecule has 2 N–H and O–H groups in total. The fourth-order valence-corrected chi connectivity index (χ4v) is 2.39. The Morgan fingerprint density at radius 1 is 1.50 bits per heavy atom. The Balaban J connectivity index is 1.78. The molecule has 1 aliphatic carbocycles. The van der Waals surface area contributed by atoms with Gasteiger partial charge in [0.15, 0.2) is 5.82 Å². The molecule has 6 nitrogen and oxygen atoms in total. The van der Waals surface area contributed by atoms with Gasteiger partial charge in [-0.3, -0.25) is 9.48 Å². The highest BCUT2D eigenvalue weighted by molar-refractivity contribution is 5.76. The van der Waals surface area contributed by atoms with Gasteiger partial charge in [0.2, 0.25) is 5.91 Å². The van der Waals surface area contributed by atoms with Crippen molar-refractivity contribution in [1.29, 1.82) is 0 Å². The van der Waals surface area contributed by atoms with Gasteiger partial charge in [-0.05, 0) is 12.8 Å². The van der Waals surface area contributed by atoms with Crippen molar-refractivity contribution in [3.8, 4) is 0 Å². The highest BCUT2D eigenvalue weighted by Gasteiger charge is 2.31. The van der Waals surface area contributed by atoms with Crippen LogP contribution in [0.15, 0.2) is 6.33 Å². The monoisotopic (exact) mass is 252 g/mol. The third-order valence-corrected chi connectivity index (χ3v) is 3.36. The first-order valence-electron chi connectivity index (χ1n) is 6.41. The van der Waals surface area contributed by atoms with Crippen LogP contribution in [0, 0.1) is 0 Å². The third-order valence-electron chi connectivity index (χ3n) is 3.36. The second-order valence-electron chi connectivity index (χ2n) is 5.07. The molecule has 0 atom stereocenters. The highest BCUT2D eigenvalue weighted by atomic mass is 16.3. The van der Waals surface area contributed by atoms with Gasteiger partial charge in [-0.1, -0.05) is 19.3 Å². The maximum Gasteiger partial charge on any atom is 0.223 e. The van der Waals surface area contributed by atoms with Crippen molar-refractivity contribution in [3.63, 3.8) is 0 Å². The molecule has 18 heavy (non-hydrogen) atoms. The van der Waals surface area contributed by atoms with Crippen molar-refractivity contribution in [3.05, 3.63) is 12.2 Å². The smallest absolute Gasteiger partial charge is 0.223 e. The molecule has 0 aromatic carbocycles. The summed E-state index contributed by atoms with van der Waals surface area (Å²) in [5, 5.41) is 17.1.